The van der Waals surface area contributed by atoms with Gasteiger partial charge in [-0.3, -0.25) is 4.79 Å². The first kappa shape index (κ1) is 11.0. The van der Waals surface area contributed by atoms with Crippen molar-refractivity contribution < 1.29 is 9.90 Å². The van der Waals surface area contributed by atoms with Gasteiger partial charge in [-0.2, -0.15) is 5.10 Å². The maximum absolute atomic E-state index is 11.8. The summed E-state index contributed by atoms with van der Waals surface area (Å²) in [6.07, 6.45) is 2.39. The van der Waals surface area contributed by atoms with Crippen LogP contribution in [0, 0.1) is 0 Å². The summed E-state index contributed by atoms with van der Waals surface area (Å²) in [6, 6.07) is -0.156. The van der Waals surface area contributed by atoms with Gasteiger partial charge >= 0.3 is 0 Å². The van der Waals surface area contributed by atoms with Crippen molar-refractivity contribution in [2.45, 2.75) is 18.7 Å². The van der Waals surface area contributed by atoms with Gasteiger partial charge in [0.05, 0.1) is 12.1 Å². The molecular formula is C9H15N5O2. The Morgan fingerprint density at radius 2 is 2.50 bits per heavy atom. The molecule has 2 N–H and O–H groups in total. The molecule has 16 heavy (non-hydrogen) atoms. The molecule has 1 amide bonds. The highest BCUT2D eigenvalue weighted by Crippen LogP contribution is 2.07. The zero-order valence-corrected chi connectivity index (χ0v) is 9.08. The predicted molar refractivity (Wildman–Crippen MR) is 55.5 cm³/mol. The van der Waals surface area contributed by atoms with Crippen LogP contribution in [0.3, 0.4) is 0 Å². The van der Waals surface area contributed by atoms with Crippen LogP contribution in [0.1, 0.15) is 0 Å². The molecule has 0 aliphatic carbocycles. The fraction of sp³-hybridized carbons (Fsp3) is 0.667. The minimum atomic E-state index is -0.496. The van der Waals surface area contributed by atoms with Crippen LogP contribution in [0.2, 0.25) is 0 Å². The average molecular weight is 225 g/mol. The summed E-state index contributed by atoms with van der Waals surface area (Å²) < 4.78 is 1.47. The minimum Gasteiger partial charge on any atom is -0.390 e. The molecule has 1 saturated heterocycles. The monoisotopic (exact) mass is 225 g/mol. The molecule has 2 rings (SSSR count). The Balaban J connectivity index is 1.94. The lowest BCUT2D eigenvalue weighted by molar-refractivity contribution is -0.134. The first-order valence-electron chi connectivity index (χ1n) is 5.15. The van der Waals surface area contributed by atoms with E-state index in [-0.39, 0.29) is 18.5 Å². The van der Waals surface area contributed by atoms with Crippen molar-refractivity contribution in [3.63, 3.8) is 0 Å². The van der Waals surface area contributed by atoms with E-state index < -0.39 is 6.10 Å². The van der Waals surface area contributed by atoms with E-state index in [0.717, 1.165) is 0 Å². The van der Waals surface area contributed by atoms with Crippen molar-refractivity contribution in [1.29, 1.82) is 0 Å². The molecule has 0 unspecified atom stereocenters. The molecule has 0 saturated carbocycles. The first-order valence-corrected chi connectivity index (χ1v) is 5.15. The summed E-state index contributed by atoms with van der Waals surface area (Å²) in [5.74, 6) is -0.0850. The van der Waals surface area contributed by atoms with Crippen molar-refractivity contribution in [2.24, 2.45) is 0 Å². The highest BCUT2D eigenvalue weighted by Gasteiger charge is 2.31. The van der Waals surface area contributed by atoms with Crippen LogP contribution in [0.5, 0.6) is 0 Å². The molecule has 0 radical (unpaired) electrons. The van der Waals surface area contributed by atoms with E-state index in [2.05, 4.69) is 15.4 Å². The van der Waals surface area contributed by atoms with Gasteiger partial charge in [-0.25, -0.2) is 9.67 Å². The fourth-order valence-corrected chi connectivity index (χ4v) is 1.80. The van der Waals surface area contributed by atoms with Crippen molar-refractivity contribution in [3.8, 4) is 0 Å². The number of β-amino-alcohol motifs (C(OH)–C–C–N with tert-alkyl or cyclic N) is 1. The second-order valence-electron chi connectivity index (χ2n) is 3.89. The van der Waals surface area contributed by atoms with Gasteiger partial charge < -0.3 is 15.3 Å². The van der Waals surface area contributed by atoms with E-state index in [0.29, 0.717) is 13.1 Å². The lowest BCUT2D eigenvalue weighted by Crippen LogP contribution is -2.45. The molecule has 1 aromatic rings. The quantitative estimate of drug-likeness (QED) is 0.626. The molecule has 7 heteroatoms. The van der Waals surface area contributed by atoms with Gasteiger partial charge in [0.15, 0.2) is 0 Å². The molecule has 0 spiro atoms. The van der Waals surface area contributed by atoms with Gasteiger partial charge in [-0.1, -0.05) is 0 Å². The number of nitrogens with one attached hydrogen (secondary N) is 1. The second kappa shape index (κ2) is 4.58. The minimum absolute atomic E-state index is 0.0850. The first-order chi connectivity index (χ1) is 7.68. The van der Waals surface area contributed by atoms with Gasteiger partial charge in [0, 0.05) is 20.1 Å². The average Bonchev–Trinajstić information content (AvgIpc) is 2.88. The number of amides is 1. The number of hydrogen-bond acceptors (Lipinski definition) is 5. The van der Waals surface area contributed by atoms with E-state index in [4.69, 9.17) is 0 Å². The van der Waals surface area contributed by atoms with Gasteiger partial charge in [-0.15, -0.1) is 0 Å². The molecule has 1 fully saturated rings. The van der Waals surface area contributed by atoms with Crippen molar-refractivity contribution in [2.75, 3.05) is 20.1 Å². The summed E-state index contributed by atoms with van der Waals surface area (Å²) in [5.41, 5.74) is 0. The van der Waals surface area contributed by atoms with Gasteiger partial charge in [-0.05, 0) is 0 Å². The zero-order chi connectivity index (χ0) is 11.5. The van der Waals surface area contributed by atoms with E-state index >= 15 is 0 Å². The molecule has 1 aliphatic heterocycles. The van der Waals surface area contributed by atoms with Crippen molar-refractivity contribution in [3.05, 3.63) is 12.7 Å². The van der Waals surface area contributed by atoms with Crippen LogP contribution in [0.25, 0.3) is 0 Å². The van der Waals surface area contributed by atoms with Crippen LogP contribution in [0.15, 0.2) is 12.7 Å². The number of carbonyl (C=O) groups excluding carboxylic acids is 1. The van der Waals surface area contributed by atoms with Crippen molar-refractivity contribution in [1.82, 2.24) is 25.0 Å². The molecule has 0 aromatic carbocycles. The molecular weight excluding hydrogens is 210 g/mol. The van der Waals surface area contributed by atoms with Gasteiger partial charge in [0.1, 0.15) is 19.2 Å². The van der Waals surface area contributed by atoms with Crippen LogP contribution in [0.4, 0.5) is 0 Å². The lowest BCUT2D eigenvalue weighted by atomic mass is 10.2. The van der Waals surface area contributed by atoms with Crippen LogP contribution in [-0.2, 0) is 11.3 Å². The molecule has 2 atom stereocenters. The molecule has 2 heterocycles. The Morgan fingerprint density at radius 1 is 1.69 bits per heavy atom. The van der Waals surface area contributed by atoms with E-state index in [1.54, 1.807) is 11.9 Å². The molecule has 1 aromatic heterocycles. The zero-order valence-electron chi connectivity index (χ0n) is 9.08. The standard InChI is InChI=1S/C9H15N5O2/c1-13(7-2-10-3-8(7)15)9(16)4-14-6-11-5-12-14/h5-8,10,15H,2-4H2,1H3/t7-,8-/m0/s1. The van der Waals surface area contributed by atoms with Crippen LogP contribution in [-0.4, -0.2) is 63.0 Å². The number of hydrogen-bond donors (Lipinski definition) is 2. The second-order valence-corrected chi connectivity index (χ2v) is 3.89. The number of rotatable bonds is 3. The maximum atomic E-state index is 11.8. The van der Waals surface area contributed by atoms with E-state index in [1.165, 1.54) is 17.3 Å². The van der Waals surface area contributed by atoms with Crippen LogP contribution < -0.4 is 5.32 Å². The molecule has 0 bridgehead atoms. The third-order valence-electron chi connectivity index (χ3n) is 2.81. The number of aliphatic hydroxyl groups excluding tert-OH is 1. The van der Waals surface area contributed by atoms with Crippen molar-refractivity contribution >= 4 is 5.91 Å². The topological polar surface area (TPSA) is 83.3 Å². The highest BCUT2D eigenvalue weighted by molar-refractivity contribution is 5.76. The summed E-state index contributed by atoms with van der Waals surface area (Å²) in [6.45, 7) is 1.31. The summed E-state index contributed by atoms with van der Waals surface area (Å²) >= 11 is 0. The van der Waals surface area contributed by atoms with E-state index in [1.807, 2.05) is 0 Å². The Kier molecular flexibility index (Phi) is 3.16. The largest absolute Gasteiger partial charge is 0.390 e. The number of aliphatic hydroxyl groups is 1. The fourth-order valence-electron chi connectivity index (χ4n) is 1.80. The van der Waals surface area contributed by atoms with E-state index in [9.17, 15) is 9.90 Å². The summed E-state index contributed by atoms with van der Waals surface area (Å²) in [7, 11) is 1.69. The third kappa shape index (κ3) is 2.20. The maximum Gasteiger partial charge on any atom is 0.244 e. The van der Waals surface area contributed by atoms with Gasteiger partial charge in [0.2, 0.25) is 5.91 Å². The number of aromatic nitrogens is 3. The number of likely N-dealkylation sites (N-methyl/N-ethyl adjacent to an activating group) is 1. The summed E-state index contributed by atoms with van der Waals surface area (Å²) in [5, 5.41) is 16.5. The molecule has 1 aliphatic rings. The Bertz CT molecular complexity index is 353. The highest BCUT2D eigenvalue weighted by atomic mass is 16.3. The lowest BCUT2D eigenvalue weighted by Gasteiger charge is -2.26. The SMILES string of the molecule is CN(C(=O)Cn1cncn1)[C@H]1CNC[C@@H]1O. The number of carbonyl (C=O) groups is 1. The summed E-state index contributed by atoms with van der Waals surface area (Å²) in [4.78, 5) is 17.2. The molecule has 88 valence electrons. The Labute approximate surface area is 93.1 Å². The van der Waals surface area contributed by atoms with Gasteiger partial charge in [0.25, 0.3) is 0 Å². The number of nitrogens with zero attached hydrogens (tertiary/aromatic N) is 4. The third-order valence-corrected chi connectivity index (χ3v) is 2.81. The smallest absolute Gasteiger partial charge is 0.244 e. The normalized spacial score (nSPS) is 24.6. The molecule has 7 nitrogen and oxygen atoms in total. The Hall–Kier alpha value is -1.47. The Morgan fingerprint density at radius 3 is 3.06 bits per heavy atom. The van der Waals surface area contributed by atoms with Crippen LogP contribution >= 0.6 is 0 Å². The predicted octanol–water partition coefficient (Wildman–Crippen LogP) is -1.93.